The first-order chi connectivity index (χ1) is 10.1. The highest BCUT2D eigenvalue weighted by molar-refractivity contribution is 5.81. The Hall–Kier alpha value is -1.36. The lowest BCUT2D eigenvalue weighted by Gasteiger charge is -2.24. The maximum atomic E-state index is 12.3. The largest absolute Gasteiger partial charge is 0.355 e. The molecule has 0 radical (unpaired) electrons. The summed E-state index contributed by atoms with van der Waals surface area (Å²) < 4.78 is 0. The second-order valence-corrected chi connectivity index (χ2v) is 6.15. The highest BCUT2D eigenvalue weighted by atomic mass is 16.2. The zero-order chi connectivity index (χ0) is 15.2. The molecule has 5 heteroatoms. The standard InChI is InChI=1S/C16H28N4O/c1-12-14(13(2)19-18-12)8-7-10-17-16(21)15-9-5-4-6-11-20(15)3/h15H,4-11H2,1-3H3,(H,17,21)(H,18,19)/t15-/m1/s1. The number of likely N-dealkylation sites (tertiary alicyclic amines) is 1. The van der Waals surface area contributed by atoms with E-state index >= 15 is 0 Å². The molecular weight excluding hydrogens is 264 g/mol. The third kappa shape index (κ3) is 4.30. The van der Waals surface area contributed by atoms with Crippen LogP contribution < -0.4 is 5.32 Å². The van der Waals surface area contributed by atoms with Crippen LogP contribution in [0.3, 0.4) is 0 Å². The van der Waals surface area contributed by atoms with Crippen molar-refractivity contribution in [3.63, 3.8) is 0 Å². The van der Waals surface area contributed by atoms with E-state index < -0.39 is 0 Å². The quantitative estimate of drug-likeness (QED) is 0.816. The first kappa shape index (κ1) is 16.0. The molecule has 0 aliphatic carbocycles. The number of nitrogens with zero attached hydrogens (tertiary/aromatic N) is 2. The van der Waals surface area contributed by atoms with Crippen LogP contribution in [-0.4, -0.2) is 47.2 Å². The van der Waals surface area contributed by atoms with Gasteiger partial charge in [0.05, 0.1) is 11.7 Å². The first-order valence-electron chi connectivity index (χ1n) is 8.08. The molecule has 0 bridgehead atoms. The van der Waals surface area contributed by atoms with Gasteiger partial charge in [0.1, 0.15) is 0 Å². The smallest absolute Gasteiger partial charge is 0.237 e. The lowest BCUT2D eigenvalue weighted by molar-refractivity contribution is -0.126. The molecule has 0 spiro atoms. The number of hydrogen-bond donors (Lipinski definition) is 2. The van der Waals surface area contributed by atoms with Crippen LogP contribution >= 0.6 is 0 Å². The minimum atomic E-state index is 0.0601. The number of carbonyl (C=O) groups excluding carboxylic acids is 1. The summed E-state index contributed by atoms with van der Waals surface area (Å²) in [6, 6.07) is 0.0601. The Kier molecular flexibility index (Phi) is 5.79. The number of rotatable bonds is 5. The maximum Gasteiger partial charge on any atom is 0.237 e. The van der Waals surface area contributed by atoms with Crippen LogP contribution in [0.2, 0.25) is 0 Å². The number of nitrogens with one attached hydrogen (secondary N) is 2. The number of aryl methyl sites for hydroxylation is 2. The van der Waals surface area contributed by atoms with E-state index in [-0.39, 0.29) is 11.9 Å². The van der Waals surface area contributed by atoms with Gasteiger partial charge in [0.25, 0.3) is 0 Å². The van der Waals surface area contributed by atoms with E-state index in [9.17, 15) is 4.79 Å². The molecule has 1 aromatic rings. The molecule has 2 rings (SSSR count). The summed E-state index contributed by atoms with van der Waals surface area (Å²) in [6.45, 7) is 5.85. The molecule has 1 saturated heterocycles. The number of aromatic amines is 1. The Bertz CT molecular complexity index is 449. The molecule has 118 valence electrons. The van der Waals surface area contributed by atoms with Crippen LogP contribution in [0, 0.1) is 13.8 Å². The van der Waals surface area contributed by atoms with Crippen molar-refractivity contribution < 1.29 is 4.79 Å². The number of aromatic nitrogens is 2. The summed E-state index contributed by atoms with van der Waals surface area (Å²) in [5.41, 5.74) is 3.50. The highest BCUT2D eigenvalue weighted by Crippen LogP contribution is 2.15. The van der Waals surface area contributed by atoms with Crippen molar-refractivity contribution in [2.75, 3.05) is 20.1 Å². The van der Waals surface area contributed by atoms with Crippen LogP contribution in [0.1, 0.15) is 49.1 Å². The van der Waals surface area contributed by atoms with Crippen molar-refractivity contribution in [3.8, 4) is 0 Å². The number of H-pyrrole nitrogens is 1. The van der Waals surface area contributed by atoms with Crippen LogP contribution in [0.25, 0.3) is 0 Å². The molecule has 2 heterocycles. The molecular formula is C16H28N4O. The minimum Gasteiger partial charge on any atom is -0.355 e. The molecule has 0 unspecified atom stereocenters. The third-order valence-corrected chi connectivity index (χ3v) is 4.51. The fourth-order valence-corrected chi connectivity index (χ4v) is 3.12. The number of amides is 1. The number of likely N-dealkylation sites (N-methyl/N-ethyl adjacent to an activating group) is 1. The van der Waals surface area contributed by atoms with Crippen LogP contribution in [-0.2, 0) is 11.2 Å². The third-order valence-electron chi connectivity index (χ3n) is 4.51. The van der Waals surface area contributed by atoms with Gasteiger partial charge in [-0.25, -0.2) is 0 Å². The summed E-state index contributed by atoms with van der Waals surface area (Å²) in [6.07, 6.45) is 6.53. The summed E-state index contributed by atoms with van der Waals surface area (Å²) in [5.74, 6) is 0.194. The van der Waals surface area contributed by atoms with E-state index in [1.807, 2.05) is 6.92 Å². The average Bonchev–Trinajstić information content (AvgIpc) is 2.65. The zero-order valence-corrected chi connectivity index (χ0v) is 13.5. The number of hydrogen-bond acceptors (Lipinski definition) is 3. The molecule has 1 fully saturated rings. The molecule has 1 amide bonds. The molecule has 1 aliphatic heterocycles. The second-order valence-electron chi connectivity index (χ2n) is 6.15. The van der Waals surface area contributed by atoms with Gasteiger partial charge in [0.15, 0.2) is 0 Å². The highest BCUT2D eigenvalue weighted by Gasteiger charge is 2.24. The Morgan fingerprint density at radius 2 is 2.19 bits per heavy atom. The molecule has 5 nitrogen and oxygen atoms in total. The van der Waals surface area contributed by atoms with Crippen molar-refractivity contribution >= 4 is 5.91 Å². The van der Waals surface area contributed by atoms with Crippen LogP contribution in [0.5, 0.6) is 0 Å². The normalized spacial score (nSPS) is 20.2. The van der Waals surface area contributed by atoms with Gasteiger partial charge in [0, 0.05) is 12.2 Å². The molecule has 1 atom stereocenters. The van der Waals surface area contributed by atoms with E-state index in [0.29, 0.717) is 0 Å². The zero-order valence-electron chi connectivity index (χ0n) is 13.5. The maximum absolute atomic E-state index is 12.3. The first-order valence-corrected chi connectivity index (χ1v) is 8.08. The van der Waals surface area contributed by atoms with Crippen molar-refractivity contribution in [2.45, 2.75) is 58.4 Å². The van der Waals surface area contributed by atoms with Gasteiger partial charge in [0.2, 0.25) is 5.91 Å². The topological polar surface area (TPSA) is 61.0 Å². The van der Waals surface area contributed by atoms with Crippen LogP contribution in [0.4, 0.5) is 0 Å². The van der Waals surface area contributed by atoms with Gasteiger partial charge < -0.3 is 5.32 Å². The van der Waals surface area contributed by atoms with Gasteiger partial charge in [-0.15, -0.1) is 0 Å². The van der Waals surface area contributed by atoms with Gasteiger partial charge in [-0.05, 0) is 58.7 Å². The van der Waals surface area contributed by atoms with Crippen molar-refractivity contribution in [1.82, 2.24) is 20.4 Å². The molecule has 1 aromatic heterocycles. The fourth-order valence-electron chi connectivity index (χ4n) is 3.12. The molecule has 1 aliphatic rings. The van der Waals surface area contributed by atoms with Crippen molar-refractivity contribution in [2.24, 2.45) is 0 Å². The van der Waals surface area contributed by atoms with E-state index in [1.165, 1.54) is 18.4 Å². The second kappa shape index (κ2) is 7.59. The summed E-state index contributed by atoms with van der Waals surface area (Å²) in [7, 11) is 2.06. The summed E-state index contributed by atoms with van der Waals surface area (Å²) in [5, 5.41) is 10.3. The van der Waals surface area contributed by atoms with Crippen molar-refractivity contribution in [1.29, 1.82) is 0 Å². The summed E-state index contributed by atoms with van der Waals surface area (Å²) in [4.78, 5) is 14.5. The predicted molar refractivity (Wildman–Crippen MR) is 84.3 cm³/mol. The minimum absolute atomic E-state index is 0.0601. The average molecular weight is 292 g/mol. The fraction of sp³-hybridized carbons (Fsp3) is 0.750. The lowest BCUT2D eigenvalue weighted by atomic mass is 10.1. The van der Waals surface area contributed by atoms with E-state index in [2.05, 4.69) is 34.4 Å². The van der Waals surface area contributed by atoms with Gasteiger partial charge >= 0.3 is 0 Å². The Morgan fingerprint density at radius 3 is 2.90 bits per heavy atom. The van der Waals surface area contributed by atoms with Gasteiger partial charge in [-0.3, -0.25) is 14.8 Å². The Morgan fingerprint density at radius 1 is 1.38 bits per heavy atom. The molecule has 2 N–H and O–H groups in total. The molecule has 0 saturated carbocycles. The summed E-state index contributed by atoms with van der Waals surface area (Å²) >= 11 is 0. The van der Waals surface area contributed by atoms with E-state index in [4.69, 9.17) is 0 Å². The number of carbonyl (C=O) groups is 1. The van der Waals surface area contributed by atoms with Crippen molar-refractivity contribution in [3.05, 3.63) is 17.0 Å². The monoisotopic (exact) mass is 292 g/mol. The molecule has 0 aromatic carbocycles. The predicted octanol–water partition coefficient (Wildman–Crippen LogP) is 1.95. The molecule has 21 heavy (non-hydrogen) atoms. The Labute approximate surface area is 127 Å². The van der Waals surface area contributed by atoms with E-state index in [1.54, 1.807) is 0 Å². The SMILES string of the molecule is Cc1n[nH]c(C)c1CCCNC(=O)[C@H]1CCCCCN1C. The van der Waals surface area contributed by atoms with Gasteiger partial charge in [-0.2, -0.15) is 5.10 Å². The van der Waals surface area contributed by atoms with Crippen LogP contribution in [0.15, 0.2) is 0 Å². The lowest BCUT2D eigenvalue weighted by Crippen LogP contribution is -2.45. The van der Waals surface area contributed by atoms with Gasteiger partial charge in [-0.1, -0.05) is 12.8 Å². The Balaban J connectivity index is 1.74. The van der Waals surface area contributed by atoms with E-state index in [0.717, 1.165) is 50.2 Å².